The fourth-order valence-corrected chi connectivity index (χ4v) is 1.38. The second-order valence-electron chi connectivity index (χ2n) is 3.62. The van der Waals surface area contributed by atoms with Crippen molar-refractivity contribution in [2.75, 3.05) is 13.2 Å². The quantitative estimate of drug-likeness (QED) is 0.469. The summed E-state index contributed by atoms with van der Waals surface area (Å²) in [5.41, 5.74) is 10.7. The van der Waals surface area contributed by atoms with Crippen LogP contribution < -0.4 is 11.5 Å². The molecule has 0 aromatic carbocycles. The Balaban J connectivity index is 4.54. The van der Waals surface area contributed by atoms with Crippen LogP contribution in [0.15, 0.2) is 0 Å². The van der Waals surface area contributed by atoms with Gasteiger partial charge >= 0.3 is 11.9 Å². The highest BCUT2D eigenvalue weighted by atomic mass is 35.6. The van der Waals surface area contributed by atoms with Crippen LogP contribution in [0.4, 0.5) is 0 Å². The molecule has 0 aromatic rings. The zero-order chi connectivity index (χ0) is 14.3. The maximum atomic E-state index is 11.7. The predicted molar refractivity (Wildman–Crippen MR) is 68.6 cm³/mol. The Hall–Kier alpha value is -0.270. The van der Waals surface area contributed by atoms with Gasteiger partial charge in [-0.1, -0.05) is 34.8 Å². The van der Waals surface area contributed by atoms with Crippen LogP contribution in [0.5, 0.6) is 0 Å². The first-order valence-corrected chi connectivity index (χ1v) is 6.24. The summed E-state index contributed by atoms with van der Waals surface area (Å²) in [4.78, 5) is 22.4. The van der Waals surface area contributed by atoms with E-state index in [0.717, 1.165) is 0 Å². The summed E-state index contributed by atoms with van der Waals surface area (Å²) < 4.78 is 2.97. The molecule has 0 bridgehead atoms. The van der Waals surface area contributed by atoms with E-state index < -0.39 is 34.3 Å². The van der Waals surface area contributed by atoms with Crippen molar-refractivity contribution in [3.05, 3.63) is 0 Å². The lowest BCUT2D eigenvalue weighted by Gasteiger charge is -2.20. The van der Waals surface area contributed by atoms with Gasteiger partial charge in [0.05, 0.1) is 5.92 Å². The summed E-state index contributed by atoms with van der Waals surface area (Å²) in [6.07, 6.45) is 0.636. The number of carboxylic acid groups (broad SMARTS) is 1. The summed E-state index contributed by atoms with van der Waals surface area (Å²) in [7, 11) is 0. The van der Waals surface area contributed by atoms with Crippen LogP contribution in [0.1, 0.15) is 12.8 Å². The number of halogens is 3. The summed E-state index contributed by atoms with van der Waals surface area (Å²) in [5.74, 6) is -3.13. The first-order chi connectivity index (χ1) is 8.19. The van der Waals surface area contributed by atoms with E-state index >= 15 is 0 Å². The van der Waals surface area contributed by atoms with Crippen LogP contribution in [0.3, 0.4) is 0 Å². The van der Waals surface area contributed by atoms with Crippen LogP contribution in [0.2, 0.25) is 0 Å². The maximum Gasteiger partial charge on any atom is 0.321 e. The minimum atomic E-state index is -1.75. The highest BCUT2D eigenvalue weighted by Crippen LogP contribution is 2.26. The molecule has 0 heterocycles. The summed E-state index contributed by atoms with van der Waals surface area (Å²) in [5, 5.41) is 8.79. The third kappa shape index (κ3) is 7.23. The van der Waals surface area contributed by atoms with E-state index in [2.05, 4.69) is 0 Å². The van der Waals surface area contributed by atoms with Crippen LogP contribution in [0, 0.1) is 5.92 Å². The number of alkyl halides is 3. The van der Waals surface area contributed by atoms with Gasteiger partial charge in [0.2, 0.25) is 3.79 Å². The van der Waals surface area contributed by atoms with Crippen LogP contribution in [-0.4, -0.2) is 40.0 Å². The average Bonchev–Trinajstić information content (AvgIpc) is 2.25. The zero-order valence-corrected chi connectivity index (χ0v) is 11.7. The van der Waals surface area contributed by atoms with Gasteiger partial charge in [-0.05, 0) is 19.4 Å². The van der Waals surface area contributed by atoms with Crippen LogP contribution in [-0.2, 0) is 14.3 Å². The van der Waals surface area contributed by atoms with Gasteiger partial charge in [-0.3, -0.25) is 9.59 Å². The molecule has 5 N–H and O–H groups in total. The van der Waals surface area contributed by atoms with E-state index in [9.17, 15) is 9.59 Å². The number of nitrogens with two attached hydrogens (primary N) is 2. The second-order valence-corrected chi connectivity index (χ2v) is 6.14. The minimum Gasteiger partial charge on any atom is -0.480 e. The van der Waals surface area contributed by atoms with E-state index in [1.807, 2.05) is 0 Å². The molecular weight excluding hydrogens is 306 g/mol. The molecule has 0 saturated carbocycles. The van der Waals surface area contributed by atoms with E-state index in [0.29, 0.717) is 13.0 Å². The molecule has 0 aliphatic rings. The molecule has 0 amide bonds. The Morgan fingerprint density at radius 3 is 2.28 bits per heavy atom. The molecule has 106 valence electrons. The first kappa shape index (κ1) is 17.7. The highest BCUT2D eigenvalue weighted by molar-refractivity contribution is 6.67. The third-order valence-electron chi connectivity index (χ3n) is 2.12. The van der Waals surface area contributed by atoms with Gasteiger partial charge in [-0.15, -0.1) is 0 Å². The Bertz CT molecular complexity index is 296. The second kappa shape index (κ2) is 8.01. The number of aliphatic carboxylic acids is 1. The van der Waals surface area contributed by atoms with Crippen molar-refractivity contribution in [3.8, 4) is 0 Å². The van der Waals surface area contributed by atoms with Gasteiger partial charge in [0.1, 0.15) is 12.6 Å². The van der Waals surface area contributed by atoms with E-state index in [-0.39, 0.29) is 6.42 Å². The molecule has 0 aromatic heterocycles. The van der Waals surface area contributed by atoms with Gasteiger partial charge in [0.25, 0.3) is 0 Å². The number of esters is 1. The monoisotopic (exact) mass is 320 g/mol. The first-order valence-electron chi connectivity index (χ1n) is 5.11. The lowest BCUT2D eigenvalue weighted by molar-refractivity contribution is -0.154. The molecular formula is C9H15Cl3N2O4. The molecule has 0 radical (unpaired) electrons. The Morgan fingerprint density at radius 1 is 1.33 bits per heavy atom. The molecule has 1 unspecified atom stereocenters. The molecule has 2 atom stereocenters. The third-order valence-corrected chi connectivity index (χ3v) is 2.45. The minimum absolute atomic E-state index is 0.197. The zero-order valence-electron chi connectivity index (χ0n) is 9.44. The molecule has 6 nitrogen and oxygen atoms in total. The molecule has 0 aliphatic carbocycles. The summed E-state index contributed by atoms with van der Waals surface area (Å²) in [6.45, 7) is -0.164. The topological polar surface area (TPSA) is 116 Å². The molecule has 18 heavy (non-hydrogen) atoms. The fourth-order valence-electron chi connectivity index (χ4n) is 1.21. The maximum absolute atomic E-state index is 11.7. The number of carboxylic acids is 1. The van der Waals surface area contributed by atoms with E-state index in [4.69, 9.17) is 56.1 Å². The normalized spacial score (nSPS) is 14.9. The van der Waals surface area contributed by atoms with Gasteiger partial charge in [0.15, 0.2) is 0 Å². The molecule has 0 fully saturated rings. The van der Waals surface area contributed by atoms with Crippen molar-refractivity contribution in [3.63, 3.8) is 0 Å². The Kier molecular flexibility index (Phi) is 7.89. The standard InChI is InChI=1S/C9H15Cl3N2O4/c10-9(11,12)4-18-8(17)5(2-1-3-13)6(14)7(15)16/h5-6H,1-4,13-14H2,(H,15,16)/t5?,6-/m0/s1. The highest BCUT2D eigenvalue weighted by Gasteiger charge is 2.33. The Morgan fingerprint density at radius 2 is 1.89 bits per heavy atom. The number of ether oxygens (including phenoxy) is 1. The molecule has 0 spiro atoms. The summed E-state index contributed by atoms with van der Waals surface area (Å²) in [6, 6.07) is -1.38. The molecule has 0 aliphatic heterocycles. The van der Waals surface area contributed by atoms with Crippen molar-refractivity contribution in [1.82, 2.24) is 0 Å². The SMILES string of the molecule is NCCCC(C(=O)OCC(Cl)(Cl)Cl)[C@H](N)C(=O)O. The van der Waals surface area contributed by atoms with Crippen molar-refractivity contribution >= 4 is 46.7 Å². The number of hydrogen-bond donors (Lipinski definition) is 3. The van der Waals surface area contributed by atoms with Crippen molar-refractivity contribution in [1.29, 1.82) is 0 Å². The smallest absolute Gasteiger partial charge is 0.321 e. The number of carbonyl (C=O) groups excluding carboxylic acids is 1. The largest absolute Gasteiger partial charge is 0.480 e. The van der Waals surface area contributed by atoms with Crippen LogP contribution in [0.25, 0.3) is 0 Å². The number of carbonyl (C=O) groups is 2. The number of rotatable bonds is 7. The van der Waals surface area contributed by atoms with Gasteiger partial charge < -0.3 is 21.3 Å². The van der Waals surface area contributed by atoms with E-state index in [1.165, 1.54) is 0 Å². The van der Waals surface area contributed by atoms with Crippen LogP contribution >= 0.6 is 34.8 Å². The van der Waals surface area contributed by atoms with Crippen molar-refractivity contribution < 1.29 is 19.4 Å². The lowest BCUT2D eigenvalue weighted by atomic mass is 9.95. The van der Waals surface area contributed by atoms with Gasteiger partial charge in [-0.25, -0.2) is 0 Å². The average molecular weight is 322 g/mol. The molecule has 0 saturated heterocycles. The fraction of sp³-hybridized carbons (Fsp3) is 0.778. The van der Waals surface area contributed by atoms with E-state index in [1.54, 1.807) is 0 Å². The van der Waals surface area contributed by atoms with Gasteiger partial charge in [-0.2, -0.15) is 0 Å². The Labute approximate surface area is 119 Å². The molecule has 9 heteroatoms. The number of hydrogen-bond acceptors (Lipinski definition) is 5. The van der Waals surface area contributed by atoms with Crippen molar-refractivity contribution in [2.24, 2.45) is 17.4 Å². The summed E-state index contributed by atoms with van der Waals surface area (Å²) >= 11 is 16.2. The predicted octanol–water partition coefficient (Wildman–Crippen LogP) is 0.667. The van der Waals surface area contributed by atoms with Gasteiger partial charge in [0, 0.05) is 0 Å². The molecule has 0 rings (SSSR count). The lowest BCUT2D eigenvalue weighted by Crippen LogP contribution is -2.43. The van der Waals surface area contributed by atoms with Crippen molar-refractivity contribution in [2.45, 2.75) is 22.7 Å².